The van der Waals surface area contributed by atoms with Gasteiger partial charge in [-0.1, -0.05) is 15.9 Å². The Morgan fingerprint density at radius 3 is 2.95 bits per heavy atom. The van der Waals surface area contributed by atoms with E-state index in [9.17, 15) is 4.79 Å². The molecule has 2 heterocycles. The molecule has 1 saturated heterocycles. The Morgan fingerprint density at radius 2 is 2.21 bits per heavy atom. The van der Waals surface area contributed by atoms with E-state index in [0.29, 0.717) is 5.58 Å². The van der Waals surface area contributed by atoms with Gasteiger partial charge in [-0.25, -0.2) is 4.79 Å². The van der Waals surface area contributed by atoms with Crippen molar-refractivity contribution < 1.29 is 4.42 Å². The average molecular weight is 340 g/mol. The summed E-state index contributed by atoms with van der Waals surface area (Å²) in [6.45, 7) is 2.25. The maximum atomic E-state index is 11.6. The molecule has 0 radical (unpaired) electrons. The molecule has 19 heavy (non-hydrogen) atoms. The first-order valence-corrected chi connectivity index (χ1v) is 8.18. The maximum Gasteiger partial charge on any atom is 0.336 e. The first kappa shape index (κ1) is 13.2. The SMILES string of the molecule is O=c1cc(CSCC2CNC2)c2ccc(Br)cc2o1. The van der Waals surface area contributed by atoms with Crippen LogP contribution in [0.1, 0.15) is 5.56 Å². The molecule has 1 N–H and O–H groups in total. The van der Waals surface area contributed by atoms with Crippen molar-refractivity contribution in [3.05, 3.63) is 44.7 Å². The standard InChI is InChI=1S/C14H14BrNO2S/c15-11-1-2-12-10(3-14(17)18-13(12)4-11)8-19-7-9-5-16-6-9/h1-4,9,16H,5-8H2. The lowest BCUT2D eigenvalue weighted by Gasteiger charge is -2.26. The normalized spacial score (nSPS) is 15.6. The monoisotopic (exact) mass is 339 g/mol. The minimum Gasteiger partial charge on any atom is -0.423 e. The van der Waals surface area contributed by atoms with Gasteiger partial charge in [-0.2, -0.15) is 11.8 Å². The number of hydrogen-bond acceptors (Lipinski definition) is 4. The third kappa shape index (κ3) is 3.04. The third-order valence-corrected chi connectivity index (χ3v) is 4.98. The Labute approximate surface area is 123 Å². The van der Waals surface area contributed by atoms with Crippen molar-refractivity contribution in [3.63, 3.8) is 0 Å². The zero-order valence-electron chi connectivity index (χ0n) is 10.3. The first-order chi connectivity index (χ1) is 9.22. The molecule has 0 amide bonds. The Bertz CT molecular complexity index is 651. The van der Waals surface area contributed by atoms with E-state index in [0.717, 1.165) is 45.9 Å². The summed E-state index contributed by atoms with van der Waals surface area (Å²) in [5.41, 5.74) is 1.45. The summed E-state index contributed by atoms with van der Waals surface area (Å²) in [4.78, 5) is 11.6. The second kappa shape index (κ2) is 5.69. The Balaban J connectivity index is 1.82. The van der Waals surface area contributed by atoms with Crippen molar-refractivity contribution in [3.8, 4) is 0 Å². The summed E-state index contributed by atoms with van der Waals surface area (Å²) in [6, 6.07) is 7.44. The molecule has 2 aromatic rings. The molecule has 3 rings (SSSR count). The highest BCUT2D eigenvalue weighted by atomic mass is 79.9. The number of hydrogen-bond donors (Lipinski definition) is 1. The molecule has 0 spiro atoms. The van der Waals surface area contributed by atoms with Crippen molar-refractivity contribution in [2.45, 2.75) is 5.75 Å². The van der Waals surface area contributed by atoms with Crippen LogP contribution >= 0.6 is 27.7 Å². The van der Waals surface area contributed by atoms with Crippen LogP contribution in [0.5, 0.6) is 0 Å². The van der Waals surface area contributed by atoms with Crippen molar-refractivity contribution in [1.29, 1.82) is 0 Å². The summed E-state index contributed by atoms with van der Waals surface area (Å²) in [7, 11) is 0. The molecule has 100 valence electrons. The largest absolute Gasteiger partial charge is 0.423 e. The van der Waals surface area contributed by atoms with E-state index in [-0.39, 0.29) is 5.63 Å². The molecule has 0 unspecified atom stereocenters. The minimum absolute atomic E-state index is 0.272. The topological polar surface area (TPSA) is 42.2 Å². The number of fused-ring (bicyclic) bond motifs is 1. The lowest BCUT2D eigenvalue weighted by Crippen LogP contribution is -2.43. The molecule has 3 nitrogen and oxygen atoms in total. The molecular weight excluding hydrogens is 326 g/mol. The Hall–Kier alpha value is -0.780. The highest BCUT2D eigenvalue weighted by molar-refractivity contribution is 9.10. The summed E-state index contributed by atoms with van der Waals surface area (Å²) in [5, 5.41) is 4.30. The molecule has 1 aliphatic rings. The Morgan fingerprint density at radius 1 is 1.37 bits per heavy atom. The van der Waals surface area contributed by atoms with Crippen LogP contribution in [-0.4, -0.2) is 18.8 Å². The number of thioether (sulfide) groups is 1. The van der Waals surface area contributed by atoms with E-state index in [1.807, 2.05) is 30.0 Å². The van der Waals surface area contributed by atoms with Crippen LogP contribution in [0.4, 0.5) is 0 Å². The van der Waals surface area contributed by atoms with Crippen molar-refractivity contribution in [1.82, 2.24) is 5.32 Å². The summed E-state index contributed by atoms with van der Waals surface area (Å²) in [6.07, 6.45) is 0. The van der Waals surface area contributed by atoms with Crippen LogP contribution in [0.2, 0.25) is 0 Å². The van der Waals surface area contributed by atoms with Gasteiger partial charge in [-0.05, 0) is 48.5 Å². The van der Waals surface area contributed by atoms with E-state index in [2.05, 4.69) is 21.2 Å². The van der Waals surface area contributed by atoms with Crippen LogP contribution in [0, 0.1) is 5.92 Å². The lowest BCUT2D eigenvalue weighted by molar-refractivity contribution is 0.385. The molecule has 1 aliphatic heterocycles. The van der Waals surface area contributed by atoms with Crippen LogP contribution in [-0.2, 0) is 5.75 Å². The van der Waals surface area contributed by atoms with E-state index < -0.39 is 0 Å². The molecule has 1 aromatic heterocycles. The lowest BCUT2D eigenvalue weighted by atomic mass is 10.1. The fourth-order valence-corrected chi connectivity index (χ4v) is 3.61. The number of rotatable bonds is 4. The predicted molar refractivity (Wildman–Crippen MR) is 82.7 cm³/mol. The van der Waals surface area contributed by atoms with Gasteiger partial charge in [0.05, 0.1) is 0 Å². The minimum atomic E-state index is -0.272. The zero-order valence-corrected chi connectivity index (χ0v) is 12.7. The van der Waals surface area contributed by atoms with Gasteiger partial charge in [0.25, 0.3) is 0 Å². The molecule has 1 fully saturated rings. The smallest absolute Gasteiger partial charge is 0.336 e. The number of halogens is 1. The van der Waals surface area contributed by atoms with Gasteiger partial charge < -0.3 is 9.73 Å². The highest BCUT2D eigenvalue weighted by Crippen LogP contribution is 2.25. The molecule has 0 atom stereocenters. The molecular formula is C14H14BrNO2S. The predicted octanol–water partition coefficient (Wildman–Crippen LogP) is 3.01. The van der Waals surface area contributed by atoms with E-state index in [1.54, 1.807) is 6.07 Å². The maximum absolute atomic E-state index is 11.6. The van der Waals surface area contributed by atoms with Crippen molar-refractivity contribution in [2.24, 2.45) is 5.92 Å². The van der Waals surface area contributed by atoms with Crippen molar-refractivity contribution >= 4 is 38.7 Å². The van der Waals surface area contributed by atoms with Gasteiger partial charge in [0.2, 0.25) is 0 Å². The van der Waals surface area contributed by atoms with Gasteiger partial charge in [0, 0.05) is 21.7 Å². The number of nitrogens with one attached hydrogen (secondary N) is 1. The average Bonchev–Trinajstić information content (AvgIpc) is 2.31. The van der Waals surface area contributed by atoms with Crippen LogP contribution in [0.15, 0.2) is 37.9 Å². The summed E-state index contributed by atoms with van der Waals surface area (Å²) in [5.74, 6) is 2.79. The molecule has 1 aromatic carbocycles. The van der Waals surface area contributed by atoms with Gasteiger partial charge >= 0.3 is 5.63 Å². The molecule has 0 saturated carbocycles. The molecule has 0 bridgehead atoms. The van der Waals surface area contributed by atoms with Gasteiger partial charge in [-0.3, -0.25) is 0 Å². The second-order valence-electron chi connectivity index (χ2n) is 4.77. The molecule has 0 aliphatic carbocycles. The Kier molecular flexibility index (Phi) is 3.96. The van der Waals surface area contributed by atoms with Gasteiger partial charge in [0.1, 0.15) is 5.58 Å². The van der Waals surface area contributed by atoms with E-state index >= 15 is 0 Å². The fourth-order valence-electron chi connectivity index (χ4n) is 2.13. The van der Waals surface area contributed by atoms with Crippen LogP contribution in [0.25, 0.3) is 11.0 Å². The number of benzene rings is 1. The van der Waals surface area contributed by atoms with Crippen LogP contribution < -0.4 is 10.9 Å². The van der Waals surface area contributed by atoms with E-state index in [1.165, 1.54) is 0 Å². The van der Waals surface area contributed by atoms with Gasteiger partial charge in [-0.15, -0.1) is 0 Å². The molecule has 5 heteroatoms. The van der Waals surface area contributed by atoms with Crippen LogP contribution in [0.3, 0.4) is 0 Å². The fraction of sp³-hybridized carbons (Fsp3) is 0.357. The summed E-state index contributed by atoms with van der Waals surface area (Å²) < 4.78 is 6.16. The zero-order chi connectivity index (χ0) is 13.2. The van der Waals surface area contributed by atoms with E-state index in [4.69, 9.17) is 4.42 Å². The first-order valence-electron chi connectivity index (χ1n) is 6.23. The third-order valence-electron chi connectivity index (χ3n) is 3.27. The highest BCUT2D eigenvalue weighted by Gasteiger charge is 2.16. The second-order valence-corrected chi connectivity index (χ2v) is 6.72. The summed E-state index contributed by atoms with van der Waals surface area (Å²) >= 11 is 5.28. The quantitative estimate of drug-likeness (QED) is 0.869. The van der Waals surface area contributed by atoms with Crippen molar-refractivity contribution in [2.75, 3.05) is 18.8 Å². The van der Waals surface area contributed by atoms with Gasteiger partial charge in [0.15, 0.2) is 0 Å².